The summed E-state index contributed by atoms with van der Waals surface area (Å²) in [5.41, 5.74) is 5.26. The smallest absolute Gasteiger partial charge is 0.324 e. The Hall–Kier alpha value is -1.63. The zero-order chi connectivity index (χ0) is 14.4. The normalized spacial score (nSPS) is 18.9. The Kier molecular flexibility index (Phi) is 5.75. The number of hydrogen-bond donors (Lipinski definition) is 3. The van der Waals surface area contributed by atoms with Gasteiger partial charge in [0.2, 0.25) is 5.91 Å². The summed E-state index contributed by atoms with van der Waals surface area (Å²) in [6, 6.07) is -0.873. The minimum absolute atomic E-state index is 0.105. The van der Waals surface area contributed by atoms with Crippen molar-refractivity contribution >= 4 is 17.8 Å². The van der Waals surface area contributed by atoms with Crippen molar-refractivity contribution in [2.45, 2.75) is 32.7 Å². The molecule has 1 aliphatic rings. The van der Waals surface area contributed by atoms with Crippen molar-refractivity contribution in [2.24, 2.45) is 11.7 Å². The third-order valence-electron chi connectivity index (χ3n) is 2.84. The first kappa shape index (κ1) is 15.4. The highest BCUT2D eigenvalue weighted by Gasteiger charge is 2.37. The van der Waals surface area contributed by atoms with Crippen LogP contribution in [-0.2, 0) is 9.59 Å². The van der Waals surface area contributed by atoms with E-state index in [9.17, 15) is 14.4 Å². The molecule has 1 aliphatic heterocycles. The van der Waals surface area contributed by atoms with Crippen molar-refractivity contribution in [1.82, 2.24) is 15.5 Å². The molecular formula is C12H22N4O3. The van der Waals surface area contributed by atoms with E-state index in [2.05, 4.69) is 10.6 Å². The van der Waals surface area contributed by atoms with E-state index in [4.69, 9.17) is 5.73 Å². The first-order valence-electron chi connectivity index (χ1n) is 6.54. The monoisotopic (exact) mass is 270 g/mol. The van der Waals surface area contributed by atoms with Gasteiger partial charge in [0.15, 0.2) is 0 Å². The maximum absolute atomic E-state index is 12.0. The number of carbonyl (C=O) groups excluding carboxylic acids is 3. The van der Waals surface area contributed by atoms with E-state index in [0.717, 1.165) is 4.90 Å². The second-order valence-corrected chi connectivity index (χ2v) is 5.01. The number of hydrogen-bond acceptors (Lipinski definition) is 4. The largest absolute Gasteiger partial charge is 0.355 e. The molecule has 7 heteroatoms. The summed E-state index contributed by atoms with van der Waals surface area (Å²) in [5, 5.41) is 5.23. The maximum Gasteiger partial charge on any atom is 0.324 e. The number of amides is 4. The lowest BCUT2D eigenvalue weighted by Gasteiger charge is -2.13. The molecule has 1 unspecified atom stereocenters. The molecule has 1 heterocycles. The molecule has 7 nitrogen and oxygen atoms in total. The van der Waals surface area contributed by atoms with Crippen LogP contribution in [0.4, 0.5) is 4.79 Å². The van der Waals surface area contributed by atoms with Crippen molar-refractivity contribution < 1.29 is 14.4 Å². The average molecular weight is 270 g/mol. The van der Waals surface area contributed by atoms with Crippen LogP contribution < -0.4 is 16.4 Å². The first-order chi connectivity index (χ1) is 8.95. The average Bonchev–Trinajstić information content (AvgIpc) is 2.59. The zero-order valence-electron chi connectivity index (χ0n) is 11.4. The predicted molar refractivity (Wildman–Crippen MR) is 70.2 cm³/mol. The van der Waals surface area contributed by atoms with Crippen molar-refractivity contribution in [3.8, 4) is 0 Å². The highest BCUT2D eigenvalue weighted by atomic mass is 16.2. The van der Waals surface area contributed by atoms with Gasteiger partial charge in [-0.2, -0.15) is 0 Å². The summed E-state index contributed by atoms with van der Waals surface area (Å²) in [6.45, 7) is 4.85. The molecule has 0 aromatic carbocycles. The van der Waals surface area contributed by atoms with Crippen molar-refractivity contribution in [2.75, 3.05) is 19.6 Å². The maximum atomic E-state index is 12.0. The molecule has 0 aliphatic carbocycles. The first-order valence-corrected chi connectivity index (χ1v) is 6.54. The van der Waals surface area contributed by atoms with Gasteiger partial charge >= 0.3 is 6.03 Å². The van der Waals surface area contributed by atoms with Crippen LogP contribution in [0.5, 0.6) is 0 Å². The number of imide groups is 1. The quantitative estimate of drug-likeness (QED) is 0.538. The summed E-state index contributed by atoms with van der Waals surface area (Å²) < 4.78 is 0. The molecule has 0 aromatic heterocycles. The Morgan fingerprint density at radius 2 is 2.16 bits per heavy atom. The molecule has 0 spiro atoms. The van der Waals surface area contributed by atoms with E-state index in [-0.39, 0.29) is 24.8 Å². The van der Waals surface area contributed by atoms with Crippen LogP contribution in [0.1, 0.15) is 26.7 Å². The number of nitrogens with one attached hydrogen (secondary N) is 2. The lowest BCUT2D eigenvalue weighted by atomic mass is 10.0. The van der Waals surface area contributed by atoms with Crippen LogP contribution in [0, 0.1) is 5.92 Å². The fourth-order valence-electron chi connectivity index (χ4n) is 1.93. The van der Waals surface area contributed by atoms with Crippen LogP contribution in [0.3, 0.4) is 0 Å². The number of urea groups is 1. The van der Waals surface area contributed by atoms with Gasteiger partial charge < -0.3 is 16.4 Å². The van der Waals surface area contributed by atoms with E-state index < -0.39 is 12.1 Å². The van der Waals surface area contributed by atoms with Crippen molar-refractivity contribution in [3.05, 3.63) is 0 Å². The molecule has 1 fully saturated rings. The summed E-state index contributed by atoms with van der Waals surface area (Å²) >= 11 is 0. The van der Waals surface area contributed by atoms with Crippen molar-refractivity contribution in [1.29, 1.82) is 0 Å². The van der Waals surface area contributed by atoms with E-state index in [1.165, 1.54) is 0 Å². The van der Waals surface area contributed by atoms with Crippen molar-refractivity contribution in [3.63, 3.8) is 0 Å². The van der Waals surface area contributed by atoms with Gasteiger partial charge in [-0.3, -0.25) is 14.5 Å². The Balaban J connectivity index is 2.43. The summed E-state index contributed by atoms with van der Waals surface area (Å²) in [7, 11) is 0. The predicted octanol–water partition coefficient (Wildman–Crippen LogP) is -0.582. The van der Waals surface area contributed by atoms with E-state index in [0.29, 0.717) is 25.4 Å². The van der Waals surface area contributed by atoms with Crippen LogP contribution in [0.25, 0.3) is 0 Å². The highest BCUT2D eigenvalue weighted by molar-refractivity contribution is 6.04. The van der Waals surface area contributed by atoms with Gasteiger partial charge in [0.05, 0.1) is 0 Å². The number of nitrogens with two attached hydrogens (primary N) is 1. The molecule has 108 valence electrons. The molecule has 19 heavy (non-hydrogen) atoms. The Bertz CT molecular complexity index is 357. The van der Waals surface area contributed by atoms with Gasteiger partial charge in [-0.25, -0.2) is 4.79 Å². The Labute approximate surface area is 112 Å². The van der Waals surface area contributed by atoms with Gasteiger partial charge in [-0.15, -0.1) is 0 Å². The number of carbonyl (C=O) groups is 3. The van der Waals surface area contributed by atoms with Gasteiger partial charge in [0.25, 0.3) is 5.91 Å². The number of nitrogens with zero attached hydrogens (tertiary/aromatic N) is 1. The topological polar surface area (TPSA) is 105 Å². The molecule has 0 radical (unpaired) electrons. The van der Waals surface area contributed by atoms with E-state index >= 15 is 0 Å². The lowest BCUT2D eigenvalue weighted by Crippen LogP contribution is -2.36. The third kappa shape index (κ3) is 4.51. The van der Waals surface area contributed by atoms with E-state index in [1.54, 1.807) is 0 Å². The number of rotatable bonds is 7. The minimum Gasteiger partial charge on any atom is -0.355 e. The second-order valence-electron chi connectivity index (χ2n) is 5.01. The summed E-state index contributed by atoms with van der Waals surface area (Å²) in [6.07, 6.45) is 0.716. The minimum atomic E-state index is -0.459. The third-order valence-corrected chi connectivity index (χ3v) is 2.84. The van der Waals surface area contributed by atoms with Gasteiger partial charge in [0.1, 0.15) is 6.04 Å². The molecule has 4 N–H and O–H groups in total. The second kappa shape index (κ2) is 7.08. The summed E-state index contributed by atoms with van der Waals surface area (Å²) in [5.74, 6) is -0.134. The molecule has 4 amide bonds. The van der Waals surface area contributed by atoms with Crippen LogP contribution in [0.15, 0.2) is 0 Å². The molecule has 1 atom stereocenters. The fraction of sp³-hybridized carbons (Fsp3) is 0.750. The molecular weight excluding hydrogens is 248 g/mol. The van der Waals surface area contributed by atoms with Gasteiger partial charge in [0, 0.05) is 26.1 Å². The fourth-order valence-corrected chi connectivity index (χ4v) is 1.93. The lowest BCUT2D eigenvalue weighted by molar-refractivity contribution is -0.128. The molecule has 1 saturated heterocycles. The van der Waals surface area contributed by atoms with Gasteiger partial charge in [-0.1, -0.05) is 13.8 Å². The SMILES string of the molecule is CC(C)CC1NC(=O)N(CCC(=O)NCCN)C1=O. The van der Waals surface area contributed by atoms with Crippen LogP contribution in [-0.4, -0.2) is 48.4 Å². The van der Waals surface area contributed by atoms with Gasteiger partial charge in [-0.05, 0) is 12.3 Å². The summed E-state index contributed by atoms with van der Waals surface area (Å²) in [4.78, 5) is 36.1. The molecule has 1 rings (SSSR count). The van der Waals surface area contributed by atoms with Crippen LogP contribution >= 0.6 is 0 Å². The standard InChI is InChI=1S/C12H22N4O3/c1-8(2)7-9-11(18)16(12(19)15-9)6-3-10(17)14-5-4-13/h8-9H,3-7,13H2,1-2H3,(H,14,17)(H,15,19). The zero-order valence-corrected chi connectivity index (χ0v) is 11.4. The van der Waals surface area contributed by atoms with E-state index in [1.807, 2.05) is 13.8 Å². The molecule has 0 saturated carbocycles. The molecule has 0 bridgehead atoms. The van der Waals surface area contributed by atoms with Crippen LogP contribution in [0.2, 0.25) is 0 Å². The molecule has 0 aromatic rings. The Morgan fingerprint density at radius 3 is 2.74 bits per heavy atom. The Morgan fingerprint density at radius 1 is 1.47 bits per heavy atom. The highest BCUT2D eigenvalue weighted by Crippen LogP contribution is 2.14.